The largest absolute Gasteiger partial charge is 0.388 e. The SMILES string of the molecule is Cc1noc(CCC(=O)NCC2(O)CCCCCC2)n1. The Morgan fingerprint density at radius 2 is 2.05 bits per heavy atom. The van der Waals surface area contributed by atoms with Gasteiger partial charge in [0.15, 0.2) is 5.82 Å². The molecular weight excluding hydrogens is 258 g/mol. The van der Waals surface area contributed by atoms with Crippen LogP contribution in [0, 0.1) is 6.92 Å². The molecule has 1 aromatic rings. The van der Waals surface area contributed by atoms with Gasteiger partial charge in [0.1, 0.15) is 0 Å². The highest BCUT2D eigenvalue weighted by Gasteiger charge is 2.28. The van der Waals surface area contributed by atoms with Crippen molar-refractivity contribution in [3.8, 4) is 0 Å². The maximum atomic E-state index is 11.8. The monoisotopic (exact) mass is 281 g/mol. The minimum atomic E-state index is -0.729. The Hall–Kier alpha value is -1.43. The van der Waals surface area contributed by atoms with E-state index in [-0.39, 0.29) is 5.91 Å². The fraction of sp³-hybridized carbons (Fsp3) is 0.786. The van der Waals surface area contributed by atoms with Crippen molar-refractivity contribution in [1.29, 1.82) is 0 Å². The van der Waals surface area contributed by atoms with E-state index < -0.39 is 5.60 Å². The fourth-order valence-corrected chi connectivity index (χ4v) is 2.58. The van der Waals surface area contributed by atoms with Gasteiger partial charge in [-0.25, -0.2) is 0 Å². The summed E-state index contributed by atoms with van der Waals surface area (Å²) in [5, 5.41) is 16.9. The zero-order valence-corrected chi connectivity index (χ0v) is 12.0. The van der Waals surface area contributed by atoms with Gasteiger partial charge in [-0.3, -0.25) is 4.79 Å². The summed E-state index contributed by atoms with van der Waals surface area (Å²) in [5.41, 5.74) is -0.729. The number of carbonyl (C=O) groups excluding carboxylic acids is 1. The van der Waals surface area contributed by atoms with Gasteiger partial charge in [-0.2, -0.15) is 4.98 Å². The number of hydrogen-bond donors (Lipinski definition) is 2. The van der Waals surface area contributed by atoms with E-state index in [9.17, 15) is 9.90 Å². The smallest absolute Gasteiger partial charge is 0.227 e. The van der Waals surface area contributed by atoms with Crippen LogP contribution in [0.15, 0.2) is 4.52 Å². The van der Waals surface area contributed by atoms with Crippen molar-refractivity contribution < 1.29 is 14.4 Å². The number of aliphatic hydroxyl groups is 1. The number of aromatic nitrogens is 2. The molecule has 0 bridgehead atoms. The predicted octanol–water partition coefficient (Wildman–Crippen LogP) is 1.51. The maximum Gasteiger partial charge on any atom is 0.227 e. The number of nitrogens with zero attached hydrogens (tertiary/aromatic N) is 2. The lowest BCUT2D eigenvalue weighted by Gasteiger charge is -2.26. The third-order valence-electron chi connectivity index (χ3n) is 3.78. The summed E-state index contributed by atoms with van der Waals surface area (Å²) < 4.78 is 4.96. The van der Waals surface area contributed by atoms with Gasteiger partial charge in [0.05, 0.1) is 5.60 Å². The molecule has 1 aliphatic rings. The van der Waals surface area contributed by atoms with Crippen LogP contribution in [-0.2, 0) is 11.2 Å². The van der Waals surface area contributed by atoms with Gasteiger partial charge in [-0.15, -0.1) is 0 Å². The van der Waals surface area contributed by atoms with Crippen LogP contribution in [-0.4, -0.2) is 33.3 Å². The first-order valence-electron chi connectivity index (χ1n) is 7.36. The third kappa shape index (κ3) is 4.59. The molecule has 2 N–H and O–H groups in total. The molecule has 6 nitrogen and oxygen atoms in total. The van der Waals surface area contributed by atoms with Crippen LogP contribution in [0.1, 0.15) is 56.7 Å². The highest BCUT2D eigenvalue weighted by Crippen LogP contribution is 2.26. The molecule has 1 saturated carbocycles. The van der Waals surface area contributed by atoms with Crippen LogP contribution < -0.4 is 5.32 Å². The Morgan fingerprint density at radius 3 is 2.65 bits per heavy atom. The van der Waals surface area contributed by atoms with Crippen LogP contribution in [0.4, 0.5) is 0 Å². The Kier molecular flexibility index (Phi) is 5.11. The minimum absolute atomic E-state index is 0.0847. The molecular formula is C14H23N3O3. The fourth-order valence-electron chi connectivity index (χ4n) is 2.58. The Balaban J connectivity index is 1.71. The molecule has 6 heteroatoms. The summed E-state index contributed by atoms with van der Waals surface area (Å²) in [6.45, 7) is 2.09. The van der Waals surface area contributed by atoms with E-state index in [4.69, 9.17) is 4.52 Å². The molecule has 0 saturated heterocycles. The van der Waals surface area contributed by atoms with E-state index >= 15 is 0 Å². The first-order valence-corrected chi connectivity index (χ1v) is 7.36. The summed E-state index contributed by atoms with van der Waals surface area (Å²) >= 11 is 0. The van der Waals surface area contributed by atoms with Crippen molar-refractivity contribution in [3.05, 3.63) is 11.7 Å². The predicted molar refractivity (Wildman–Crippen MR) is 73.0 cm³/mol. The molecule has 0 atom stereocenters. The zero-order chi connectivity index (χ0) is 14.4. The number of hydrogen-bond acceptors (Lipinski definition) is 5. The van der Waals surface area contributed by atoms with E-state index in [0.717, 1.165) is 25.7 Å². The Morgan fingerprint density at radius 1 is 1.35 bits per heavy atom. The van der Waals surface area contributed by atoms with Crippen molar-refractivity contribution in [3.63, 3.8) is 0 Å². The van der Waals surface area contributed by atoms with E-state index in [1.165, 1.54) is 12.8 Å². The van der Waals surface area contributed by atoms with E-state index in [2.05, 4.69) is 15.5 Å². The normalized spacial score (nSPS) is 18.5. The van der Waals surface area contributed by atoms with Gasteiger partial charge in [-0.1, -0.05) is 30.8 Å². The molecule has 0 spiro atoms. The highest BCUT2D eigenvalue weighted by atomic mass is 16.5. The zero-order valence-electron chi connectivity index (χ0n) is 12.0. The molecule has 1 aromatic heterocycles. The van der Waals surface area contributed by atoms with Gasteiger partial charge >= 0.3 is 0 Å². The number of carbonyl (C=O) groups is 1. The maximum absolute atomic E-state index is 11.8. The van der Waals surface area contributed by atoms with Crippen molar-refractivity contribution in [2.45, 2.75) is 63.9 Å². The topological polar surface area (TPSA) is 88.2 Å². The lowest BCUT2D eigenvalue weighted by atomic mass is 9.94. The second-order valence-corrected chi connectivity index (χ2v) is 5.65. The minimum Gasteiger partial charge on any atom is -0.388 e. The van der Waals surface area contributed by atoms with Gasteiger partial charge in [0, 0.05) is 19.4 Å². The number of rotatable bonds is 5. The third-order valence-corrected chi connectivity index (χ3v) is 3.78. The summed E-state index contributed by atoms with van der Waals surface area (Å²) in [4.78, 5) is 15.8. The van der Waals surface area contributed by atoms with Crippen LogP contribution in [0.5, 0.6) is 0 Å². The second kappa shape index (κ2) is 6.83. The summed E-state index contributed by atoms with van der Waals surface area (Å²) in [5.74, 6) is 0.970. The molecule has 2 rings (SSSR count). The molecule has 20 heavy (non-hydrogen) atoms. The van der Waals surface area contributed by atoms with Crippen LogP contribution in [0.2, 0.25) is 0 Å². The van der Waals surface area contributed by atoms with Crippen LogP contribution >= 0.6 is 0 Å². The second-order valence-electron chi connectivity index (χ2n) is 5.65. The molecule has 0 aromatic carbocycles. The van der Waals surface area contributed by atoms with Crippen molar-refractivity contribution >= 4 is 5.91 Å². The van der Waals surface area contributed by atoms with Crippen LogP contribution in [0.3, 0.4) is 0 Å². The Labute approximate surface area is 118 Å². The van der Waals surface area contributed by atoms with Gasteiger partial charge in [-0.05, 0) is 19.8 Å². The van der Waals surface area contributed by atoms with E-state index in [0.29, 0.717) is 31.1 Å². The highest BCUT2D eigenvalue weighted by molar-refractivity contribution is 5.76. The number of amides is 1. The molecule has 0 unspecified atom stereocenters. The lowest BCUT2D eigenvalue weighted by molar-refractivity contribution is -0.122. The Bertz CT molecular complexity index is 437. The van der Waals surface area contributed by atoms with E-state index in [1.54, 1.807) is 6.92 Å². The first-order chi connectivity index (χ1) is 9.57. The average Bonchev–Trinajstić information content (AvgIpc) is 2.71. The van der Waals surface area contributed by atoms with Gasteiger partial charge in [0.2, 0.25) is 11.8 Å². The van der Waals surface area contributed by atoms with Gasteiger partial charge in [0.25, 0.3) is 0 Å². The molecule has 0 aliphatic heterocycles. The molecule has 1 amide bonds. The van der Waals surface area contributed by atoms with Gasteiger partial charge < -0.3 is 14.9 Å². The molecule has 1 heterocycles. The molecule has 112 valence electrons. The first kappa shape index (κ1) is 15.0. The summed E-state index contributed by atoms with van der Waals surface area (Å²) in [7, 11) is 0. The van der Waals surface area contributed by atoms with Crippen molar-refractivity contribution in [2.75, 3.05) is 6.54 Å². The number of aryl methyl sites for hydroxylation is 2. The van der Waals surface area contributed by atoms with Crippen molar-refractivity contribution in [2.24, 2.45) is 0 Å². The standard InChI is InChI=1S/C14H23N3O3/c1-11-16-13(20-17-11)7-6-12(18)15-10-14(19)8-4-2-3-5-9-14/h19H,2-10H2,1H3,(H,15,18). The summed E-state index contributed by atoms with van der Waals surface area (Å²) in [6, 6.07) is 0. The van der Waals surface area contributed by atoms with Crippen LogP contribution in [0.25, 0.3) is 0 Å². The lowest BCUT2D eigenvalue weighted by Crippen LogP contribution is -2.42. The molecule has 1 aliphatic carbocycles. The average molecular weight is 281 g/mol. The summed E-state index contributed by atoms with van der Waals surface area (Å²) in [6.07, 6.45) is 6.70. The van der Waals surface area contributed by atoms with Crippen molar-refractivity contribution in [1.82, 2.24) is 15.5 Å². The molecule has 1 fully saturated rings. The number of nitrogens with one attached hydrogen (secondary N) is 1. The van der Waals surface area contributed by atoms with E-state index in [1.807, 2.05) is 0 Å². The molecule has 0 radical (unpaired) electrons. The quantitative estimate of drug-likeness (QED) is 0.799.